The molecule has 0 spiro atoms. The van der Waals surface area contributed by atoms with Gasteiger partial charge in [0, 0.05) is 30.6 Å². The van der Waals surface area contributed by atoms with Crippen LogP contribution >= 0.6 is 0 Å². The van der Waals surface area contributed by atoms with Gasteiger partial charge in [0.25, 0.3) is 0 Å². The maximum atomic E-state index is 11.7. The topological polar surface area (TPSA) is 70.4 Å². The summed E-state index contributed by atoms with van der Waals surface area (Å²) < 4.78 is 1.94. The summed E-state index contributed by atoms with van der Waals surface area (Å²) in [5, 5.41) is 18.8. The second kappa shape index (κ2) is 7.73. The monoisotopic (exact) mass is 350 g/mol. The molecule has 1 atom stereocenters. The number of rotatable bonds is 5. The fourth-order valence-corrected chi connectivity index (χ4v) is 4.39. The van der Waals surface area contributed by atoms with E-state index in [1.54, 1.807) is 12.1 Å². The summed E-state index contributed by atoms with van der Waals surface area (Å²) in [5.41, 5.74) is 2.09. The van der Waals surface area contributed by atoms with Gasteiger partial charge in [-0.25, -0.2) is 4.79 Å². The number of hydrogen-bond donors (Lipinski definition) is 2. The quantitative estimate of drug-likeness (QED) is 0.806. The van der Waals surface area contributed by atoms with Gasteiger partial charge >= 0.3 is 24.8 Å². The molecule has 0 saturated carbocycles. The van der Waals surface area contributed by atoms with Crippen molar-refractivity contribution < 1.29 is 9.90 Å². The Morgan fingerprint density at radius 1 is 1.35 bits per heavy atom. The molecule has 3 fully saturated rings. The van der Waals surface area contributed by atoms with Crippen molar-refractivity contribution in [3.8, 4) is 0 Å². The number of carboxylic acid groups (broad SMARTS) is 1. The van der Waals surface area contributed by atoms with E-state index in [2.05, 4.69) is 24.1 Å². The maximum absolute atomic E-state index is 11.7. The number of hydrogen-bond acceptors (Lipinski definition) is 4. The average molecular weight is 350 g/mol. The second-order valence-electron chi connectivity index (χ2n) is 7.62. The van der Waals surface area contributed by atoms with Crippen LogP contribution < -0.4 is 5.32 Å². The Kier molecular flexibility index (Phi) is 5.78. The van der Waals surface area contributed by atoms with Gasteiger partial charge in [-0.3, -0.25) is 4.68 Å². The Labute approximate surface area is 166 Å². The van der Waals surface area contributed by atoms with Crippen molar-refractivity contribution in [3.63, 3.8) is 0 Å². The molecule has 3 aliphatic heterocycles. The molecule has 3 aliphatic rings. The molecular formula is C19H27LiN4O2. The van der Waals surface area contributed by atoms with Gasteiger partial charge in [0.05, 0.1) is 16.8 Å². The van der Waals surface area contributed by atoms with Crippen LogP contribution in [0.3, 0.4) is 0 Å². The zero-order chi connectivity index (χ0) is 17.6. The van der Waals surface area contributed by atoms with Crippen molar-refractivity contribution in [2.75, 3.05) is 19.6 Å². The molecule has 2 N–H and O–H groups in total. The summed E-state index contributed by atoms with van der Waals surface area (Å²) in [6.45, 7) is 8.30. The predicted molar refractivity (Wildman–Crippen MR) is 104 cm³/mol. The molecule has 1 aromatic carbocycles. The number of aromatic carboxylic acids is 1. The van der Waals surface area contributed by atoms with E-state index in [1.807, 2.05) is 10.7 Å². The molecular weight excluding hydrogens is 323 g/mol. The summed E-state index contributed by atoms with van der Waals surface area (Å²) >= 11 is 0. The van der Waals surface area contributed by atoms with Crippen LogP contribution in [-0.2, 0) is 6.54 Å². The van der Waals surface area contributed by atoms with E-state index in [9.17, 15) is 9.90 Å². The van der Waals surface area contributed by atoms with E-state index in [-0.39, 0.29) is 24.9 Å². The average Bonchev–Trinajstić information content (AvgIpc) is 3.00. The molecule has 4 heterocycles. The first-order chi connectivity index (χ1) is 12.0. The number of fused-ring (bicyclic) bond motifs is 4. The molecule has 136 valence electrons. The van der Waals surface area contributed by atoms with Crippen molar-refractivity contribution in [2.45, 2.75) is 45.3 Å². The third-order valence-electron chi connectivity index (χ3n) is 5.71. The molecule has 1 aromatic heterocycles. The van der Waals surface area contributed by atoms with Crippen molar-refractivity contribution in [1.29, 1.82) is 0 Å². The molecule has 2 bridgehead atoms. The van der Waals surface area contributed by atoms with Gasteiger partial charge in [0.1, 0.15) is 0 Å². The predicted octanol–water partition coefficient (Wildman–Crippen LogP) is 1.85. The zero-order valence-corrected chi connectivity index (χ0v) is 14.9. The molecule has 6 nitrogen and oxygen atoms in total. The first-order valence-corrected chi connectivity index (χ1v) is 9.23. The number of nitrogens with zero attached hydrogens (tertiary/aromatic N) is 3. The van der Waals surface area contributed by atoms with Crippen molar-refractivity contribution in [1.82, 2.24) is 20.0 Å². The molecule has 26 heavy (non-hydrogen) atoms. The molecule has 2 aromatic rings. The molecule has 1 unspecified atom stereocenters. The van der Waals surface area contributed by atoms with Gasteiger partial charge in [-0.15, -0.1) is 0 Å². The summed E-state index contributed by atoms with van der Waals surface area (Å²) in [7, 11) is 0. The van der Waals surface area contributed by atoms with Crippen LogP contribution in [0, 0.1) is 5.92 Å². The minimum atomic E-state index is -0.891. The molecule has 7 heteroatoms. The molecule has 3 saturated heterocycles. The van der Waals surface area contributed by atoms with E-state index in [4.69, 9.17) is 5.10 Å². The van der Waals surface area contributed by atoms with Crippen LogP contribution in [0.1, 0.15) is 48.8 Å². The Morgan fingerprint density at radius 2 is 2.08 bits per heavy atom. The Bertz CT molecular complexity index is 796. The number of piperidine rings is 3. The molecule has 0 radical (unpaired) electrons. The normalized spacial score (nSPS) is 24.8. The van der Waals surface area contributed by atoms with Crippen LogP contribution in [0.2, 0.25) is 0 Å². The van der Waals surface area contributed by atoms with E-state index >= 15 is 0 Å². The third-order valence-corrected chi connectivity index (χ3v) is 5.71. The number of benzene rings is 1. The van der Waals surface area contributed by atoms with Crippen LogP contribution in [-0.4, -0.2) is 70.3 Å². The molecule has 0 aliphatic carbocycles. The third kappa shape index (κ3) is 3.44. The van der Waals surface area contributed by atoms with Crippen molar-refractivity contribution in [2.24, 2.45) is 5.92 Å². The van der Waals surface area contributed by atoms with Crippen molar-refractivity contribution >= 4 is 35.7 Å². The van der Waals surface area contributed by atoms with Gasteiger partial charge in [0.15, 0.2) is 0 Å². The van der Waals surface area contributed by atoms with E-state index in [1.165, 1.54) is 25.9 Å². The number of nitrogens with one attached hydrogen (secondary N) is 1. The fraction of sp³-hybridized carbons (Fsp3) is 0.579. The number of carboxylic acids is 1. The van der Waals surface area contributed by atoms with Gasteiger partial charge in [-0.05, 0) is 57.8 Å². The number of aromatic nitrogens is 2. The summed E-state index contributed by atoms with van der Waals surface area (Å²) in [6, 6.07) is 6.12. The van der Waals surface area contributed by atoms with E-state index in [0.717, 1.165) is 29.1 Å². The van der Waals surface area contributed by atoms with Gasteiger partial charge in [-0.2, -0.15) is 5.10 Å². The Hall–Kier alpha value is -1.32. The first kappa shape index (κ1) is 19.4. The standard InChI is InChI=1S/C19H26N4O2.Li.H/c1-12(2)23-17-5-3-4-14(19(24)25)18(17)15(21-23)10-20-16-11-22-8-6-13(16)7-9-22;;/h3-5,12-13,16,20H,6-11H2,1-2H3,(H,24,25);;. The first-order valence-electron chi connectivity index (χ1n) is 9.23. The SMILES string of the molecule is CC(C)n1nc(CNC2CN3CCC2CC3)c2c(C(=O)O)cccc21.[LiH]. The van der Waals surface area contributed by atoms with Crippen LogP contribution in [0.4, 0.5) is 0 Å². The summed E-state index contributed by atoms with van der Waals surface area (Å²) in [6.07, 6.45) is 2.53. The fourth-order valence-electron chi connectivity index (χ4n) is 4.39. The molecule has 5 rings (SSSR count). The zero-order valence-electron chi connectivity index (χ0n) is 14.9. The van der Waals surface area contributed by atoms with Crippen LogP contribution in [0.15, 0.2) is 18.2 Å². The summed E-state index contributed by atoms with van der Waals surface area (Å²) in [5.74, 6) is -0.152. The van der Waals surface area contributed by atoms with Crippen molar-refractivity contribution in [3.05, 3.63) is 29.5 Å². The van der Waals surface area contributed by atoms with Crippen LogP contribution in [0.25, 0.3) is 10.9 Å². The minimum absolute atomic E-state index is 0. The van der Waals surface area contributed by atoms with Crippen LogP contribution in [0.5, 0.6) is 0 Å². The Morgan fingerprint density at radius 3 is 2.65 bits per heavy atom. The van der Waals surface area contributed by atoms with Gasteiger partial charge in [0.2, 0.25) is 0 Å². The second-order valence-corrected chi connectivity index (χ2v) is 7.62. The summed E-state index contributed by atoms with van der Waals surface area (Å²) in [4.78, 5) is 14.2. The Balaban J connectivity index is 0.00000196. The number of carbonyl (C=O) groups is 1. The molecule has 0 amide bonds. The van der Waals surface area contributed by atoms with E-state index in [0.29, 0.717) is 18.2 Å². The van der Waals surface area contributed by atoms with Gasteiger partial charge < -0.3 is 15.3 Å². The van der Waals surface area contributed by atoms with Gasteiger partial charge in [-0.1, -0.05) is 6.07 Å². The van der Waals surface area contributed by atoms with E-state index < -0.39 is 5.97 Å².